The van der Waals surface area contributed by atoms with E-state index in [1.54, 1.807) is 41.3 Å². The van der Waals surface area contributed by atoms with Gasteiger partial charge in [0.1, 0.15) is 9.75 Å². The number of amides is 1. The quantitative estimate of drug-likeness (QED) is 0.343. The lowest BCUT2D eigenvalue weighted by molar-refractivity contribution is -0.140. The molecule has 0 bridgehead atoms. The minimum atomic E-state index is -4.09. The number of hydrogen-bond acceptors (Lipinski definition) is 6. The molecule has 5 rings (SSSR count). The van der Waals surface area contributed by atoms with Gasteiger partial charge in [0.2, 0.25) is 5.91 Å². The van der Waals surface area contributed by atoms with Crippen LogP contribution in [0, 0.1) is 0 Å². The van der Waals surface area contributed by atoms with Gasteiger partial charge in [0.25, 0.3) is 10.0 Å². The van der Waals surface area contributed by atoms with Gasteiger partial charge in [0.05, 0.1) is 6.10 Å². The maximum Gasteiger partial charge on any atom is 0.325 e. The van der Waals surface area contributed by atoms with Crippen LogP contribution in [0.4, 0.5) is 0 Å². The van der Waals surface area contributed by atoms with Gasteiger partial charge in [-0.15, -0.1) is 11.3 Å². The Kier molecular flexibility index (Phi) is 7.85. The Hall–Kier alpha value is -2.76. The first-order chi connectivity index (χ1) is 18.6. The van der Waals surface area contributed by atoms with Crippen molar-refractivity contribution in [1.82, 2.24) is 9.62 Å². The van der Waals surface area contributed by atoms with E-state index in [-0.39, 0.29) is 22.6 Å². The van der Waals surface area contributed by atoms with E-state index in [9.17, 15) is 28.2 Å². The zero-order valence-corrected chi connectivity index (χ0v) is 23.4. The van der Waals surface area contributed by atoms with Crippen molar-refractivity contribution in [3.8, 4) is 10.4 Å². The van der Waals surface area contributed by atoms with Crippen molar-refractivity contribution >= 4 is 44.8 Å². The van der Waals surface area contributed by atoms with Gasteiger partial charge in [-0.1, -0.05) is 48.0 Å². The average Bonchev–Trinajstić information content (AvgIpc) is 3.41. The molecule has 2 fully saturated rings. The van der Waals surface area contributed by atoms with Crippen LogP contribution in [-0.4, -0.2) is 60.1 Å². The summed E-state index contributed by atoms with van der Waals surface area (Å²) in [6, 6.07) is 17.6. The third kappa shape index (κ3) is 6.05. The lowest BCUT2D eigenvalue weighted by Crippen LogP contribution is -2.44. The maximum absolute atomic E-state index is 13.2. The minimum absolute atomic E-state index is 0.0280. The van der Waals surface area contributed by atoms with E-state index in [0.29, 0.717) is 43.8 Å². The highest BCUT2D eigenvalue weighted by molar-refractivity contribution is 7.91. The van der Waals surface area contributed by atoms with Gasteiger partial charge in [-0.05, 0) is 66.6 Å². The Bertz CT molecular complexity index is 1480. The molecule has 0 unspecified atom stereocenters. The van der Waals surface area contributed by atoms with Crippen molar-refractivity contribution in [2.24, 2.45) is 0 Å². The molecule has 0 spiro atoms. The fourth-order valence-electron chi connectivity index (χ4n) is 5.07. The summed E-state index contributed by atoms with van der Waals surface area (Å²) < 4.78 is 29.0. The van der Waals surface area contributed by atoms with Gasteiger partial charge in [0.15, 0.2) is 0 Å². The van der Waals surface area contributed by atoms with E-state index in [4.69, 9.17) is 11.6 Å². The van der Waals surface area contributed by atoms with E-state index in [1.165, 1.54) is 6.07 Å². The van der Waals surface area contributed by atoms with Crippen LogP contribution >= 0.6 is 22.9 Å². The fraction of sp³-hybridized carbons (Fsp3) is 0.357. The highest BCUT2D eigenvalue weighted by Crippen LogP contribution is 2.53. The smallest absolute Gasteiger partial charge is 0.325 e. The number of carboxylic acids is 1. The van der Waals surface area contributed by atoms with Gasteiger partial charge >= 0.3 is 5.97 Å². The molecule has 0 radical (unpaired) electrons. The Labute approximate surface area is 236 Å². The van der Waals surface area contributed by atoms with Crippen molar-refractivity contribution in [1.29, 1.82) is 0 Å². The topological polar surface area (TPSA) is 124 Å². The Morgan fingerprint density at radius 3 is 2.49 bits per heavy atom. The van der Waals surface area contributed by atoms with E-state index < -0.39 is 27.4 Å². The lowest BCUT2D eigenvalue weighted by Gasteiger charge is -2.29. The zero-order valence-electron chi connectivity index (χ0n) is 21.0. The van der Waals surface area contributed by atoms with Crippen LogP contribution in [-0.2, 0) is 26.0 Å². The second-order valence-electron chi connectivity index (χ2n) is 10.1. The molecule has 1 aromatic heterocycles. The normalized spacial score (nSPS) is 21.6. The van der Waals surface area contributed by atoms with E-state index in [0.717, 1.165) is 32.9 Å². The first-order valence-corrected chi connectivity index (χ1v) is 15.4. The molecule has 2 aliphatic rings. The molecular weight excluding hydrogens is 560 g/mol. The van der Waals surface area contributed by atoms with Crippen molar-refractivity contribution in [2.75, 3.05) is 13.1 Å². The lowest BCUT2D eigenvalue weighted by atomic mass is 10.0. The zero-order chi connectivity index (χ0) is 27.8. The second-order valence-corrected chi connectivity index (χ2v) is 13.6. The first-order valence-electron chi connectivity index (χ1n) is 12.8. The number of nitrogens with one attached hydrogen (secondary N) is 1. The first kappa shape index (κ1) is 27.8. The van der Waals surface area contributed by atoms with E-state index >= 15 is 0 Å². The van der Waals surface area contributed by atoms with Crippen molar-refractivity contribution in [2.45, 2.75) is 53.9 Å². The Morgan fingerprint density at radius 2 is 1.79 bits per heavy atom. The molecule has 1 amide bonds. The van der Waals surface area contributed by atoms with Gasteiger partial charge < -0.3 is 15.1 Å². The summed E-state index contributed by atoms with van der Waals surface area (Å²) >= 11 is 7.01. The molecule has 2 heterocycles. The molecule has 8 nitrogen and oxygen atoms in total. The van der Waals surface area contributed by atoms with E-state index in [2.05, 4.69) is 4.72 Å². The summed E-state index contributed by atoms with van der Waals surface area (Å²) in [4.78, 5) is 27.4. The van der Waals surface area contributed by atoms with Gasteiger partial charge in [-0.25, -0.2) is 8.42 Å². The predicted octanol–water partition coefficient (Wildman–Crippen LogP) is 4.27. The molecule has 3 N–H and O–H groups in total. The second kappa shape index (κ2) is 11.0. The highest BCUT2D eigenvalue weighted by atomic mass is 35.5. The van der Waals surface area contributed by atoms with Crippen molar-refractivity contribution in [3.63, 3.8) is 0 Å². The number of carboxylic acid groups (broad SMARTS) is 1. The Balaban J connectivity index is 1.27. The van der Waals surface area contributed by atoms with Crippen LogP contribution in [0.1, 0.15) is 42.7 Å². The summed E-state index contributed by atoms with van der Waals surface area (Å²) in [5.74, 6) is -1.72. The molecule has 206 valence electrons. The molecule has 1 saturated heterocycles. The Morgan fingerprint density at radius 1 is 1.08 bits per heavy atom. The van der Waals surface area contributed by atoms with Crippen LogP contribution in [0.5, 0.6) is 0 Å². The summed E-state index contributed by atoms with van der Waals surface area (Å²) in [7, 11) is -4.09. The molecule has 39 heavy (non-hydrogen) atoms. The summed E-state index contributed by atoms with van der Waals surface area (Å²) in [5, 5.41) is 20.3. The van der Waals surface area contributed by atoms with Crippen LogP contribution in [0.15, 0.2) is 64.9 Å². The molecule has 2 aromatic carbocycles. The molecule has 1 aliphatic heterocycles. The standard InChI is InChI=1S/C28H29ClN2O6S2/c29-21-7-5-19(6-8-21)24-9-11-26(38-24)39(36,37)30-28(27(34)35)17-23(28)20-3-1-2-18(16-20)4-10-25(33)31-14-12-22(32)13-15-31/h1-3,5-9,11,16,22-23,30,32H,4,10,12-15,17H2,(H,34,35)/t23-,28+/m0/s1. The SMILES string of the molecule is O=C(CCc1cccc([C@@H]2C[C@]2(NS(=O)(=O)c2ccc(-c3ccc(Cl)cc3)s2)C(=O)O)c1)N1CCC(O)CC1. The largest absolute Gasteiger partial charge is 0.480 e. The number of aliphatic hydroxyl groups is 1. The number of likely N-dealkylation sites (tertiary alicyclic amines) is 1. The van der Waals surface area contributed by atoms with Crippen LogP contribution in [0.3, 0.4) is 0 Å². The van der Waals surface area contributed by atoms with Gasteiger partial charge in [0, 0.05) is 35.3 Å². The van der Waals surface area contributed by atoms with Crippen LogP contribution in [0.25, 0.3) is 10.4 Å². The van der Waals surface area contributed by atoms with Crippen molar-refractivity contribution in [3.05, 3.63) is 76.8 Å². The third-order valence-corrected chi connectivity index (χ3v) is 10.8. The summed E-state index contributed by atoms with van der Waals surface area (Å²) in [5.41, 5.74) is 0.792. The summed E-state index contributed by atoms with van der Waals surface area (Å²) in [6.45, 7) is 1.10. The van der Waals surface area contributed by atoms with Crippen LogP contribution < -0.4 is 4.72 Å². The number of aliphatic carboxylic acids is 1. The van der Waals surface area contributed by atoms with Crippen LogP contribution in [0.2, 0.25) is 5.02 Å². The number of halogens is 1. The minimum Gasteiger partial charge on any atom is -0.480 e. The number of aryl methyl sites for hydroxylation is 1. The molecule has 1 saturated carbocycles. The molecule has 11 heteroatoms. The number of sulfonamides is 1. The third-order valence-electron chi connectivity index (χ3n) is 7.43. The predicted molar refractivity (Wildman–Crippen MR) is 149 cm³/mol. The number of thiophene rings is 1. The number of piperidine rings is 1. The van der Waals surface area contributed by atoms with E-state index in [1.807, 2.05) is 18.2 Å². The number of carbonyl (C=O) groups is 2. The summed E-state index contributed by atoms with van der Waals surface area (Å²) in [6.07, 6.45) is 1.77. The monoisotopic (exact) mass is 588 g/mol. The molecule has 2 atom stereocenters. The van der Waals surface area contributed by atoms with Crippen molar-refractivity contribution < 1.29 is 28.2 Å². The van der Waals surface area contributed by atoms with Gasteiger partial charge in [-0.2, -0.15) is 4.72 Å². The maximum atomic E-state index is 13.2. The molecule has 1 aliphatic carbocycles. The number of benzene rings is 2. The number of rotatable bonds is 9. The van der Waals surface area contributed by atoms with Gasteiger partial charge in [-0.3, -0.25) is 9.59 Å². The number of nitrogens with zero attached hydrogens (tertiary/aromatic N) is 1. The molecule has 3 aromatic rings. The number of aliphatic hydroxyl groups excluding tert-OH is 1. The highest BCUT2D eigenvalue weighted by Gasteiger charge is 2.63. The fourth-order valence-corrected chi connectivity index (χ4v) is 7.91. The molecular formula is C28H29ClN2O6S2. The number of carbonyl (C=O) groups excluding carboxylic acids is 1. The average molecular weight is 589 g/mol. The number of hydrogen-bond donors (Lipinski definition) is 3.